The SMILES string of the molecule is C=C/C(Cl)=C\C(C)=C(C)C. The highest BCUT2D eigenvalue weighted by atomic mass is 35.5. The van der Waals surface area contributed by atoms with Crippen molar-refractivity contribution in [2.75, 3.05) is 0 Å². The maximum absolute atomic E-state index is 5.71. The zero-order valence-electron chi connectivity index (χ0n) is 6.74. The van der Waals surface area contributed by atoms with Crippen molar-refractivity contribution < 1.29 is 0 Å². The summed E-state index contributed by atoms with van der Waals surface area (Å²) in [6.07, 6.45) is 3.54. The lowest BCUT2D eigenvalue weighted by atomic mass is 10.1. The van der Waals surface area contributed by atoms with E-state index >= 15 is 0 Å². The van der Waals surface area contributed by atoms with Gasteiger partial charge in [-0.15, -0.1) is 0 Å². The van der Waals surface area contributed by atoms with Gasteiger partial charge < -0.3 is 0 Å². The maximum Gasteiger partial charge on any atom is 0.0402 e. The molecule has 0 fully saturated rings. The van der Waals surface area contributed by atoms with Crippen molar-refractivity contribution >= 4 is 11.6 Å². The van der Waals surface area contributed by atoms with Crippen LogP contribution in [0.1, 0.15) is 20.8 Å². The standard InChI is InChI=1S/C9H13Cl/c1-5-9(10)6-8(4)7(2)3/h5-6H,1H2,2-4H3/b9-6+. The average Bonchev–Trinajstić information content (AvgIpc) is 1.87. The van der Waals surface area contributed by atoms with E-state index in [0.717, 1.165) is 0 Å². The van der Waals surface area contributed by atoms with E-state index in [1.165, 1.54) is 11.1 Å². The molecule has 0 bridgehead atoms. The summed E-state index contributed by atoms with van der Waals surface area (Å²) < 4.78 is 0. The Morgan fingerprint density at radius 2 is 1.80 bits per heavy atom. The fraction of sp³-hybridized carbons (Fsp3) is 0.333. The molecule has 0 aliphatic heterocycles. The maximum atomic E-state index is 5.71. The number of halogens is 1. The molecule has 0 aromatic rings. The molecule has 0 radical (unpaired) electrons. The number of hydrogen-bond acceptors (Lipinski definition) is 0. The quantitative estimate of drug-likeness (QED) is 0.536. The molecule has 0 aliphatic carbocycles. The molecule has 0 saturated heterocycles. The Morgan fingerprint density at radius 3 is 2.10 bits per heavy atom. The first-order valence-corrected chi connectivity index (χ1v) is 3.59. The van der Waals surface area contributed by atoms with Gasteiger partial charge in [-0.3, -0.25) is 0 Å². The molecule has 0 atom stereocenters. The molecule has 0 aromatic carbocycles. The smallest absolute Gasteiger partial charge is 0.0402 e. The first kappa shape index (κ1) is 9.51. The van der Waals surface area contributed by atoms with Gasteiger partial charge in [0.25, 0.3) is 0 Å². The molecule has 1 heteroatoms. The minimum Gasteiger partial charge on any atom is -0.0976 e. The van der Waals surface area contributed by atoms with Crippen molar-refractivity contribution in [3.05, 3.63) is 34.9 Å². The monoisotopic (exact) mass is 156 g/mol. The molecule has 0 rings (SSSR count). The fourth-order valence-electron chi connectivity index (χ4n) is 0.410. The Bertz CT molecular complexity index is 181. The summed E-state index contributed by atoms with van der Waals surface area (Å²) in [5.74, 6) is 0. The van der Waals surface area contributed by atoms with Crippen LogP contribution in [0.25, 0.3) is 0 Å². The van der Waals surface area contributed by atoms with Gasteiger partial charge in [-0.1, -0.05) is 35.4 Å². The first-order valence-electron chi connectivity index (χ1n) is 3.21. The predicted octanol–water partition coefficient (Wildman–Crippen LogP) is 3.65. The third-order valence-corrected chi connectivity index (χ3v) is 1.60. The lowest BCUT2D eigenvalue weighted by molar-refractivity contribution is 1.29. The number of hydrogen-bond donors (Lipinski definition) is 0. The minimum atomic E-state index is 0.693. The molecule has 0 heterocycles. The summed E-state index contributed by atoms with van der Waals surface area (Å²) in [6, 6.07) is 0. The van der Waals surface area contributed by atoms with E-state index in [4.69, 9.17) is 11.6 Å². The van der Waals surface area contributed by atoms with Crippen molar-refractivity contribution in [3.8, 4) is 0 Å². The summed E-state index contributed by atoms with van der Waals surface area (Å²) in [4.78, 5) is 0. The molecule has 0 aliphatic rings. The van der Waals surface area contributed by atoms with Crippen LogP contribution >= 0.6 is 11.6 Å². The Morgan fingerprint density at radius 1 is 1.30 bits per heavy atom. The Balaban J connectivity index is 4.42. The van der Waals surface area contributed by atoms with Crippen LogP contribution in [0.4, 0.5) is 0 Å². The van der Waals surface area contributed by atoms with E-state index in [2.05, 4.69) is 20.4 Å². The number of allylic oxidation sites excluding steroid dienone is 5. The second-order valence-corrected chi connectivity index (χ2v) is 2.85. The average molecular weight is 157 g/mol. The van der Waals surface area contributed by atoms with Gasteiger partial charge in [-0.05, 0) is 26.8 Å². The van der Waals surface area contributed by atoms with Crippen LogP contribution in [0.5, 0.6) is 0 Å². The molecule has 10 heavy (non-hydrogen) atoms. The molecule has 0 N–H and O–H groups in total. The third kappa shape index (κ3) is 3.52. The second-order valence-electron chi connectivity index (χ2n) is 2.42. The lowest BCUT2D eigenvalue weighted by Gasteiger charge is -1.95. The first-order chi connectivity index (χ1) is 4.57. The van der Waals surface area contributed by atoms with Crippen molar-refractivity contribution in [1.82, 2.24) is 0 Å². The summed E-state index contributed by atoms with van der Waals surface area (Å²) in [7, 11) is 0. The molecular formula is C9H13Cl. The van der Waals surface area contributed by atoms with Crippen LogP contribution in [0, 0.1) is 0 Å². The van der Waals surface area contributed by atoms with Crippen molar-refractivity contribution in [3.63, 3.8) is 0 Å². The van der Waals surface area contributed by atoms with E-state index in [0.29, 0.717) is 5.03 Å². The van der Waals surface area contributed by atoms with E-state index in [1.54, 1.807) is 6.08 Å². The summed E-state index contributed by atoms with van der Waals surface area (Å²) >= 11 is 5.71. The fourth-order valence-corrected chi connectivity index (χ4v) is 0.574. The zero-order valence-corrected chi connectivity index (χ0v) is 7.50. The Hall–Kier alpha value is -0.490. The zero-order chi connectivity index (χ0) is 8.15. The van der Waals surface area contributed by atoms with E-state index in [1.807, 2.05) is 13.0 Å². The Labute approximate surface area is 67.9 Å². The summed E-state index contributed by atoms with van der Waals surface area (Å²) in [5.41, 5.74) is 2.48. The van der Waals surface area contributed by atoms with Crippen LogP contribution in [0.15, 0.2) is 34.9 Å². The summed E-state index contributed by atoms with van der Waals surface area (Å²) in [6.45, 7) is 9.69. The number of rotatable bonds is 2. The van der Waals surface area contributed by atoms with Gasteiger partial charge in [-0.25, -0.2) is 0 Å². The minimum absolute atomic E-state index is 0.693. The normalized spacial score (nSPS) is 11.0. The van der Waals surface area contributed by atoms with Crippen molar-refractivity contribution in [2.45, 2.75) is 20.8 Å². The van der Waals surface area contributed by atoms with Gasteiger partial charge in [0.2, 0.25) is 0 Å². The molecule has 0 unspecified atom stereocenters. The molecule has 0 spiro atoms. The van der Waals surface area contributed by atoms with Crippen molar-refractivity contribution in [2.24, 2.45) is 0 Å². The summed E-state index contributed by atoms with van der Waals surface area (Å²) in [5, 5.41) is 0.693. The third-order valence-electron chi connectivity index (χ3n) is 1.34. The van der Waals surface area contributed by atoms with Crippen LogP contribution in [0.2, 0.25) is 0 Å². The molecule has 0 aromatic heterocycles. The van der Waals surface area contributed by atoms with Gasteiger partial charge in [0.1, 0.15) is 0 Å². The van der Waals surface area contributed by atoms with E-state index < -0.39 is 0 Å². The topological polar surface area (TPSA) is 0 Å². The lowest BCUT2D eigenvalue weighted by Crippen LogP contribution is -1.74. The van der Waals surface area contributed by atoms with Gasteiger partial charge >= 0.3 is 0 Å². The molecule has 0 nitrogen and oxygen atoms in total. The highest BCUT2D eigenvalue weighted by Crippen LogP contribution is 2.10. The Kier molecular flexibility index (Phi) is 4.13. The highest BCUT2D eigenvalue weighted by Gasteiger charge is 1.87. The van der Waals surface area contributed by atoms with Crippen molar-refractivity contribution in [1.29, 1.82) is 0 Å². The predicted molar refractivity (Wildman–Crippen MR) is 48.2 cm³/mol. The highest BCUT2D eigenvalue weighted by molar-refractivity contribution is 6.31. The molecule has 0 saturated carbocycles. The second kappa shape index (κ2) is 4.35. The van der Waals surface area contributed by atoms with Crippen LogP contribution in [-0.2, 0) is 0 Å². The van der Waals surface area contributed by atoms with Crippen LogP contribution in [-0.4, -0.2) is 0 Å². The van der Waals surface area contributed by atoms with Crippen LogP contribution < -0.4 is 0 Å². The molecular weight excluding hydrogens is 144 g/mol. The van der Waals surface area contributed by atoms with Gasteiger partial charge in [-0.2, -0.15) is 0 Å². The molecule has 0 amide bonds. The van der Waals surface area contributed by atoms with Gasteiger partial charge in [0, 0.05) is 5.03 Å². The molecule has 56 valence electrons. The van der Waals surface area contributed by atoms with E-state index in [-0.39, 0.29) is 0 Å². The largest absolute Gasteiger partial charge is 0.0976 e. The van der Waals surface area contributed by atoms with Gasteiger partial charge in [0.15, 0.2) is 0 Å². The van der Waals surface area contributed by atoms with E-state index in [9.17, 15) is 0 Å². The van der Waals surface area contributed by atoms with Gasteiger partial charge in [0.05, 0.1) is 0 Å². The van der Waals surface area contributed by atoms with Crippen LogP contribution in [0.3, 0.4) is 0 Å².